The first-order valence-electron chi connectivity index (χ1n) is 7.77. The third-order valence-corrected chi connectivity index (χ3v) is 4.12. The fraction of sp³-hybridized carbons (Fsp3) is 0.875. The second-order valence-electron chi connectivity index (χ2n) is 5.84. The first kappa shape index (κ1) is 15.4. The van der Waals surface area contributed by atoms with Crippen LogP contribution in [0.15, 0.2) is 11.4 Å². The molecule has 0 N–H and O–H groups in total. The molecule has 1 aliphatic rings. The van der Waals surface area contributed by atoms with Crippen LogP contribution in [-0.4, -0.2) is 29.1 Å². The summed E-state index contributed by atoms with van der Waals surface area (Å²) >= 11 is 0. The highest BCUT2D eigenvalue weighted by molar-refractivity contribution is 5.20. The Kier molecular flexibility index (Phi) is 6.04. The van der Waals surface area contributed by atoms with Crippen LogP contribution in [0, 0.1) is 0 Å². The van der Waals surface area contributed by atoms with Crippen molar-refractivity contribution in [1.29, 1.82) is 0 Å². The van der Waals surface area contributed by atoms with Gasteiger partial charge in [0.1, 0.15) is 0 Å². The molecule has 1 atom stereocenters. The average Bonchev–Trinajstić information content (AvgIpc) is 2.57. The SMILES string of the molecule is CCCCC1=C(CCCC)N(C(C)C)C(C)N1C. The first-order valence-corrected chi connectivity index (χ1v) is 7.77. The number of hydrogen-bond donors (Lipinski definition) is 0. The normalized spacial score (nSPS) is 20.5. The van der Waals surface area contributed by atoms with Gasteiger partial charge in [-0.25, -0.2) is 0 Å². The highest BCUT2D eigenvalue weighted by Gasteiger charge is 2.33. The fourth-order valence-electron chi connectivity index (χ4n) is 3.02. The maximum Gasteiger partial charge on any atom is 0.0982 e. The van der Waals surface area contributed by atoms with Gasteiger partial charge in [0, 0.05) is 24.5 Å². The lowest BCUT2D eigenvalue weighted by Gasteiger charge is -2.33. The Balaban J connectivity index is 2.93. The van der Waals surface area contributed by atoms with E-state index in [2.05, 4.69) is 51.5 Å². The van der Waals surface area contributed by atoms with E-state index in [1.54, 1.807) is 11.4 Å². The summed E-state index contributed by atoms with van der Waals surface area (Å²) in [5.41, 5.74) is 3.22. The van der Waals surface area contributed by atoms with E-state index in [0.29, 0.717) is 12.2 Å². The molecule has 0 aromatic rings. The Hall–Kier alpha value is -0.660. The zero-order valence-electron chi connectivity index (χ0n) is 13.3. The number of hydrogen-bond acceptors (Lipinski definition) is 2. The first-order chi connectivity index (χ1) is 8.54. The lowest BCUT2D eigenvalue weighted by atomic mass is 10.1. The van der Waals surface area contributed by atoms with E-state index in [4.69, 9.17) is 0 Å². The van der Waals surface area contributed by atoms with Gasteiger partial charge in [-0.05, 0) is 46.5 Å². The van der Waals surface area contributed by atoms with Gasteiger partial charge in [0.05, 0.1) is 6.17 Å². The standard InChI is InChI=1S/C16H32N2/c1-7-9-11-15-16(12-10-8-2)18(13(3)4)14(5)17(15)6/h13-14H,7-12H2,1-6H3. The molecule has 0 aliphatic carbocycles. The quantitative estimate of drug-likeness (QED) is 0.654. The number of nitrogens with zero attached hydrogens (tertiary/aromatic N) is 2. The molecule has 1 aliphatic heterocycles. The molecule has 2 nitrogen and oxygen atoms in total. The zero-order valence-corrected chi connectivity index (χ0v) is 13.3. The van der Waals surface area contributed by atoms with Gasteiger partial charge in [-0.2, -0.15) is 0 Å². The molecule has 0 aromatic heterocycles. The van der Waals surface area contributed by atoms with Crippen LogP contribution in [0.4, 0.5) is 0 Å². The van der Waals surface area contributed by atoms with Gasteiger partial charge in [-0.1, -0.05) is 26.7 Å². The van der Waals surface area contributed by atoms with Crippen molar-refractivity contribution < 1.29 is 0 Å². The van der Waals surface area contributed by atoms with E-state index >= 15 is 0 Å². The van der Waals surface area contributed by atoms with Crippen LogP contribution in [0.3, 0.4) is 0 Å². The minimum Gasteiger partial charge on any atom is -0.356 e. The van der Waals surface area contributed by atoms with Crippen LogP contribution >= 0.6 is 0 Å². The van der Waals surface area contributed by atoms with Crippen molar-refractivity contribution in [1.82, 2.24) is 9.80 Å². The monoisotopic (exact) mass is 252 g/mol. The summed E-state index contributed by atoms with van der Waals surface area (Å²) < 4.78 is 0. The molecule has 18 heavy (non-hydrogen) atoms. The molecule has 106 valence electrons. The largest absolute Gasteiger partial charge is 0.356 e. The van der Waals surface area contributed by atoms with Gasteiger partial charge in [-0.15, -0.1) is 0 Å². The molecule has 0 aromatic carbocycles. The molecule has 1 rings (SSSR count). The van der Waals surface area contributed by atoms with Crippen molar-refractivity contribution in [2.24, 2.45) is 0 Å². The summed E-state index contributed by atoms with van der Waals surface area (Å²) in [7, 11) is 2.27. The molecule has 0 radical (unpaired) electrons. The van der Waals surface area contributed by atoms with Gasteiger partial charge in [0.15, 0.2) is 0 Å². The van der Waals surface area contributed by atoms with Crippen molar-refractivity contribution in [3.63, 3.8) is 0 Å². The molecule has 0 amide bonds. The predicted molar refractivity (Wildman–Crippen MR) is 80.3 cm³/mol. The molecule has 0 saturated carbocycles. The second-order valence-corrected chi connectivity index (χ2v) is 5.84. The van der Waals surface area contributed by atoms with Gasteiger partial charge in [0.25, 0.3) is 0 Å². The molecular formula is C16H32N2. The van der Waals surface area contributed by atoms with E-state index in [-0.39, 0.29) is 0 Å². The molecule has 1 unspecified atom stereocenters. The average molecular weight is 252 g/mol. The summed E-state index contributed by atoms with van der Waals surface area (Å²) in [4.78, 5) is 5.13. The molecule has 0 fully saturated rings. The Morgan fingerprint density at radius 2 is 1.50 bits per heavy atom. The Morgan fingerprint density at radius 3 is 1.94 bits per heavy atom. The lowest BCUT2D eigenvalue weighted by molar-refractivity contribution is 0.143. The third kappa shape index (κ3) is 3.21. The van der Waals surface area contributed by atoms with Gasteiger partial charge < -0.3 is 9.80 Å². The Labute approximate surface area is 114 Å². The van der Waals surface area contributed by atoms with E-state index in [1.165, 1.54) is 38.5 Å². The molecule has 1 heterocycles. The Bertz CT molecular complexity index is 281. The summed E-state index contributed by atoms with van der Waals surface area (Å²) in [6, 6.07) is 0.605. The van der Waals surface area contributed by atoms with E-state index in [9.17, 15) is 0 Å². The third-order valence-electron chi connectivity index (χ3n) is 4.12. The van der Waals surface area contributed by atoms with Gasteiger partial charge in [-0.3, -0.25) is 0 Å². The minimum absolute atomic E-state index is 0.531. The lowest BCUT2D eigenvalue weighted by Crippen LogP contribution is -2.40. The fourth-order valence-corrected chi connectivity index (χ4v) is 3.02. The highest BCUT2D eigenvalue weighted by Crippen LogP contribution is 2.35. The van der Waals surface area contributed by atoms with Gasteiger partial charge >= 0.3 is 0 Å². The number of unbranched alkanes of at least 4 members (excludes halogenated alkanes) is 2. The van der Waals surface area contributed by atoms with E-state index in [1.807, 2.05) is 0 Å². The summed E-state index contributed by atoms with van der Waals surface area (Å²) in [5, 5.41) is 0. The van der Waals surface area contributed by atoms with Crippen molar-refractivity contribution in [2.75, 3.05) is 7.05 Å². The molecule has 0 spiro atoms. The maximum atomic E-state index is 2.63. The van der Waals surface area contributed by atoms with Crippen LogP contribution in [-0.2, 0) is 0 Å². The second kappa shape index (κ2) is 7.06. The zero-order chi connectivity index (χ0) is 13.7. The summed E-state index contributed by atoms with van der Waals surface area (Å²) in [5.74, 6) is 0. The van der Waals surface area contributed by atoms with Crippen LogP contribution < -0.4 is 0 Å². The molecular weight excluding hydrogens is 220 g/mol. The van der Waals surface area contributed by atoms with Gasteiger partial charge in [0.2, 0.25) is 0 Å². The van der Waals surface area contributed by atoms with Crippen LogP contribution in [0.25, 0.3) is 0 Å². The summed E-state index contributed by atoms with van der Waals surface area (Å²) in [6.07, 6.45) is 8.23. The van der Waals surface area contributed by atoms with Crippen molar-refractivity contribution >= 4 is 0 Å². The molecule has 0 saturated heterocycles. The summed E-state index contributed by atoms with van der Waals surface area (Å²) in [6.45, 7) is 11.5. The van der Waals surface area contributed by atoms with Crippen LogP contribution in [0.1, 0.15) is 73.1 Å². The minimum atomic E-state index is 0.531. The molecule has 2 heteroatoms. The van der Waals surface area contributed by atoms with E-state index < -0.39 is 0 Å². The predicted octanol–water partition coefficient (Wildman–Crippen LogP) is 4.58. The maximum absolute atomic E-state index is 2.63. The number of allylic oxidation sites excluding steroid dienone is 2. The van der Waals surface area contributed by atoms with Crippen molar-refractivity contribution in [2.45, 2.75) is 85.4 Å². The highest BCUT2D eigenvalue weighted by atomic mass is 15.4. The number of rotatable bonds is 7. The van der Waals surface area contributed by atoms with Crippen molar-refractivity contribution in [3.8, 4) is 0 Å². The Morgan fingerprint density at radius 1 is 1.00 bits per heavy atom. The molecule has 0 bridgehead atoms. The van der Waals surface area contributed by atoms with Crippen LogP contribution in [0.5, 0.6) is 0 Å². The van der Waals surface area contributed by atoms with E-state index in [0.717, 1.165) is 0 Å². The van der Waals surface area contributed by atoms with Crippen molar-refractivity contribution in [3.05, 3.63) is 11.4 Å². The topological polar surface area (TPSA) is 6.48 Å². The smallest absolute Gasteiger partial charge is 0.0982 e. The van der Waals surface area contributed by atoms with Crippen LogP contribution in [0.2, 0.25) is 0 Å².